The molecule has 1 rings (SSSR count). The van der Waals surface area contributed by atoms with Gasteiger partial charge >= 0.3 is 5.97 Å². The van der Waals surface area contributed by atoms with E-state index in [4.69, 9.17) is 28.3 Å². The fourth-order valence-electron chi connectivity index (χ4n) is 1.94. The van der Waals surface area contributed by atoms with Gasteiger partial charge in [-0.05, 0) is 31.0 Å². The maximum absolute atomic E-state index is 12.1. The second kappa shape index (κ2) is 8.25. The SMILES string of the molecule is CCN(CC(C)C(=O)O)C(=O)CCc1ccc(Cl)cc1Cl. The summed E-state index contributed by atoms with van der Waals surface area (Å²) in [5, 5.41) is 10.0. The van der Waals surface area contributed by atoms with E-state index in [0.717, 1.165) is 5.56 Å². The molecule has 0 aliphatic carbocycles. The van der Waals surface area contributed by atoms with Crippen LogP contribution in [0.25, 0.3) is 0 Å². The zero-order valence-corrected chi connectivity index (χ0v) is 13.6. The highest BCUT2D eigenvalue weighted by molar-refractivity contribution is 6.35. The summed E-state index contributed by atoms with van der Waals surface area (Å²) in [7, 11) is 0. The molecule has 0 saturated heterocycles. The summed E-state index contributed by atoms with van der Waals surface area (Å²) in [6.45, 7) is 4.14. The van der Waals surface area contributed by atoms with Gasteiger partial charge in [0.15, 0.2) is 0 Å². The fraction of sp³-hybridized carbons (Fsp3) is 0.467. The van der Waals surface area contributed by atoms with Gasteiger partial charge < -0.3 is 10.0 Å². The first-order valence-electron chi connectivity index (χ1n) is 6.79. The number of amides is 1. The lowest BCUT2D eigenvalue weighted by molar-refractivity contribution is -0.143. The molecule has 0 radical (unpaired) electrons. The number of hydrogen-bond acceptors (Lipinski definition) is 2. The normalized spacial score (nSPS) is 12.0. The molecular weight excluding hydrogens is 313 g/mol. The molecule has 0 aliphatic heterocycles. The van der Waals surface area contributed by atoms with Crippen molar-refractivity contribution in [1.29, 1.82) is 0 Å². The molecule has 1 amide bonds. The molecule has 0 aliphatic rings. The molecule has 116 valence electrons. The molecule has 1 aromatic carbocycles. The minimum atomic E-state index is -0.901. The van der Waals surface area contributed by atoms with Crippen molar-refractivity contribution >= 4 is 35.1 Å². The Hall–Kier alpha value is -1.26. The molecule has 0 bridgehead atoms. The number of nitrogens with zero attached hydrogens (tertiary/aromatic N) is 1. The second-order valence-electron chi connectivity index (χ2n) is 4.91. The number of aryl methyl sites for hydroxylation is 1. The van der Waals surface area contributed by atoms with Gasteiger partial charge in [0.25, 0.3) is 0 Å². The van der Waals surface area contributed by atoms with E-state index in [9.17, 15) is 9.59 Å². The van der Waals surface area contributed by atoms with Gasteiger partial charge in [-0.3, -0.25) is 9.59 Å². The fourth-order valence-corrected chi connectivity index (χ4v) is 2.44. The van der Waals surface area contributed by atoms with Crippen LogP contribution in [-0.2, 0) is 16.0 Å². The summed E-state index contributed by atoms with van der Waals surface area (Å²) < 4.78 is 0. The Kier molecular flexibility index (Phi) is 6.99. The van der Waals surface area contributed by atoms with Crippen LogP contribution in [0.1, 0.15) is 25.8 Å². The van der Waals surface area contributed by atoms with Crippen molar-refractivity contribution < 1.29 is 14.7 Å². The predicted octanol–water partition coefficient (Wildman–Crippen LogP) is 3.50. The average molecular weight is 332 g/mol. The maximum Gasteiger partial charge on any atom is 0.308 e. The van der Waals surface area contributed by atoms with Crippen LogP contribution in [0.3, 0.4) is 0 Å². The van der Waals surface area contributed by atoms with Crippen LogP contribution in [0.5, 0.6) is 0 Å². The van der Waals surface area contributed by atoms with Crippen LogP contribution in [0.15, 0.2) is 18.2 Å². The predicted molar refractivity (Wildman–Crippen MR) is 83.8 cm³/mol. The highest BCUT2D eigenvalue weighted by Crippen LogP contribution is 2.22. The Morgan fingerprint density at radius 2 is 2.00 bits per heavy atom. The van der Waals surface area contributed by atoms with E-state index in [1.165, 1.54) is 0 Å². The summed E-state index contributed by atoms with van der Waals surface area (Å²) in [6.07, 6.45) is 0.800. The molecule has 4 nitrogen and oxygen atoms in total. The van der Waals surface area contributed by atoms with E-state index in [2.05, 4.69) is 0 Å². The van der Waals surface area contributed by atoms with Crippen LogP contribution >= 0.6 is 23.2 Å². The molecular formula is C15H19Cl2NO3. The Balaban J connectivity index is 2.60. The molecule has 6 heteroatoms. The Morgan fingerprint density at radius 3 is 2.52 bits per heavy atom. The van der Waals surface area contributed by atoms with Crippen molar-refractivity contribution in [1.82, 2.24) is 4.90 Å². The Morgan fingerprint density at radius 1 is 1.33 bits per heavy atom. The number of carbonyl (C=O) groups excluding carboxylic acids is 1. The van der Waals surface area contributed by atoms with E-state index < -0.39 is 11.9 Å². The number of benzene rings is 1. The molecule has 0 spiro atoms. The summed E-state index contributed by atoms with van der Waals surface area (Å²) in [5.74, 6) is -1.55. The lowest BCUT2D eigenvalue weighted by Crippen LogP contribution is -2.36. The number of aliphatic carboxylic acids is 1. The number of carbonyl (C=O) groups is 2. The number of carboxylic acids is 1. The van der Waals surface area contributed by atoms with Gasteiger partial charge in [0, 0.05) is 29.6 Å². The van der Waals surface area contributed by atoms with E-state index in [-0.39, 0.29) is 12.5 Å². The first-order valence-corrected chi connectivity index (χ1v) is 7.55. The minimum Gasteiger partial charge on any atom is -0.481 e. The lowest BCUT2D eigenvalue weighted by Gasteiger charge is -2.23. The van der Waals surface area contributed by atoms with Gasteiger partial charge in [0.05, 0.1) is 5.92 Å². The van der Waals surface area contributed by atoms with Crippen LogP contribution < -0.4 is 0 Å². The Labute approximate surface area is 134 Å². The quantitative estimate of drug-likeness (QED) is 0.831. The van der Waals surface area contributed by atoms with Gasteiger partial charge in [0.1, 0.15) is 0 Å². The molecule has 0 saturated carbocycles. The average Bonchev–Trinajstić information content (AvgIpc) is 2.43. The van der Waals surface area contributed by atoms with Gasteiger partial charge in [-0.1, -0.05) is 36.2 Å². The largest absolute Gasteiger partial charge is 0.481 e. The number of rotatable bonds is 7. The molecule has 1 aromatic rings. The van der Waals surface area contributed by atoms with E-state index in [1.54, 1.807) is 30.0 Å². The van der Waals surface area contributed by atoms with Crippen molar-refractivity contribution in [2.45, 2.75) is 26.7 Å². The molecule has 1 unspecified atom stereocenters. The van der Waals surface area contributed by atoms with E-state index in [1.807, 2.05) is 6.92 Å². The van der Waals surface area contributed by atoms with Crippen molar-refractivity contribution in [3.8, 4) is 0 Å². The van der Waals surface area contributed by atoms with E-state index in [0.29, 0.717) is 29.4 Å². The lowest BCUT2D eigenvalue weighted by atomic mass is 10.1. The van der Waals surface area contributed by atoms with Crippen molar-refractivity contribution in [2.75, 3.05) is 13.1 Å². The van der Waals surface area contributed by atoms with Gasteiger partial charge in [-0.25, -0.2) is 0 Å². The first kappa shape index (κ1) is 17.8. The highest BCUT2D eigenvalue weighted by Gasteiger charge is 2.19. The third-order valence-electron chi connectivity index (χ3n) is 3.27. The third kappa shape index (κ3) is 5.56. The number of hydrogen-bond donors (Lipinski definition) is 1. The second-order valence-corrected chi connectivity index (χ2v) is 5.75. The number of carboxylic acid groups (broad SMARTS) is 1. The van der Waals surface area contributed by atoms with Crippen LogP contribution in [-0.4, -0.2) is 35.0 Å². The van der Waals surface area contributed by atoms with Gasteiger partial charge in [-0.2, -0.15) is 0 Å². The van der Waals surface area contributed by atoms with Crippen LogP contribution in [0.4, 0.5) is 0 Å². The molecule has 0 aromatic heterocycles. The van der Waals surface area contributed by atoms with Gasteiger partial charge in [0.2, 0.25) is 5.91 Å². The van der Waals surface area contributed by atoms with E-state index >= 15 is 0 Å². The van der Waals surface area contributed by atoms with Crippen LogP contribution in [0.2, 0.25) is 10.0 Å². The summed E-state index contributed by atoms with van der Waals surface area (Å²) in [4.78, 5) is 24.6. The Bertz CT molecular complexity index is 520. The molecule has 0 heterocycles. The topological polar surface area (TPSA) is 57.6 Å². The molecule has 1 N–H and O–H groups in total. The summed E-state index contributed by atoms with van der Waals surface area (Å²) in [5.41, 5.74) is 0.858. The third-order valence-corrected chi connectivity index (χ3v) is 3.86. The summed E-state index contributed by atoms with van der Waals surface area (Å²) >= 11 is 11.9. The molecule has 1 atom stereocenters. The number of halogens is 2. The monoisotopic (exact) mass is 331 g/mol. The standard InChI is InChI=1S/C15H19Cl2NO3/c1-3-18(9-10(2)15(20)21)14(19)7-5-11-4-6-12(16)8-13(11)17/h4,6,8,10H,3,5,7,9H2,1-2H3,(H,20,21). The van der Waals surface area contributed by atoms with Crippen LogP contribution in [0, 0.1) is 5.92 Å². The zero-order valence-electron chi connectivity index (χ0n) is 12.1. The van der Waals surface area contributed by atoms with Crippen molar-refractivity contribution in [2.24, 2.45) is 5.92 Å². The summed E-state index contributed by atoms with van der Waals surface area (Å²) in [6, 6.07) is 5.18. The smallest absolute Gasteiger partial charge is 0.308 e. The highest BCUT2D eigenvalue weighted by atomic mass is 35.5. The van der Waals surface area contributed by atoms with Crippen molar-refractivity contribution in [3.63, 3.8) is 0 Å². The molecule has 0 fully saturated rings. The molecule has 21 heavy (non-hydrogen) atoms. The minimum absolute atomic E-state index is 0.0726. The first-order chi connectivity index (χ1) is 9.85. The van der Waals surface area contributed by atoms with Gasteiger partial charge in [-0.15, -0.1) is 0 Å². The zero-order chi connectivity index (χ0) is 16.0. The maximum atomic E-state index is 12.1. The van der Waals surface area contributed by atoms with Crippen molar-refractivity contribution in [3.05, 3.63) is 33.8 Å².